The van der Waals surface area contributed by atoms with Crippen molar-refractivity contribution in [2.24, 2.45) is 0 Å². The second kappa shape index (κ2) is 6.88. The Kier molecular flexibility index (Phi) is 4.38. The first-order chi connectivity index (χ1) is 13.4. The van der Waals surface area contributed by atoms with E-state index in [-0.39, 0.29) is 11.7 Å². The van der Waals surface area contributed by atoms with Gasteiger partial charge >= 0.3 is 0 Å². The van der Waals surface area contributed by atoms with E-state index in [0.717, 1.165) is 22.6 Å². The zero-order valence-corrected chi connectivity index (χ0v) is 15.8. The maximum atomic E-state index is 13.1. The van der Waals surface area contributed by atoms with Crippen LogP contribution in [-0.4, -0.2) is 42.2 Å². The van der Waals surface area contributed by atoms with Crippen molar-refractivity contribution in [1.82, 2.24) is 29.3 Å². The van der Waals surface area contributed by atoms with E-state index < -0.39 is 0 Å². The van der Waals surface area contributed by atoms with Crippen LogP contribution < -0.4 is 0 Å². The van der Waals surface area contributed by atoms with Crippen LogP contribution in [0.1, 0.15) is 27.3 Å². The highest BCUT2D eigenvalue weighted by atomic mass is 19.1. The van der Waals surface area contributed by atoms with Gasteiger partial charge in [0.15, 0.2) is 5.65 Å². The Morgan fingerprint density at radius 1 is 1.14 bits per heavy atom. The minimum absolute atomic E-state index is 0.165. The number of hydrogen-bond acceptors (Lipinski definition) is 4. The molecule has 1 amide bonds. The number of carbonyl (C=O) groups excluding carboxylic acids is 1. The standard InChI is InChI=1S/C20H19FN6O/c1-13-8-14(2)27-19(24-13)18(10-23-27)20(28)25(3)11-15-9-22-26(12-15)17-6-4-16(21)5-7-17/h4-10,12H,11H2,1-3H3. The lowest BCUT2D eigenvalue weighted by Crippen LogP contribution is -2.26. The summed E-state index contributed by atoms with van der Waals surface area (Å²) in [6, 6.07) is 7.98. The van der Waals surface area contributed by atoms with Crippen LogP contribution in [0.3, 0.4) is 0 Å². The summed E-state index contributed by atoms with van der Waals surface area (Å²) in [5.41, 5.74) is 4.38. The fourth-order valence-corrected chi connectivity index (χ4v) is 3.15. The Morgan fingerprint density at radius 3 is 2.64 bits per heavy atom. The monoisotopic (exact) mass is 378 g/mol. The van der Waals surface area contributed by atoms with E-state index in [2.05, 4.69) is 15.2 Å². The molecule has 4 rings (SSSR count). The number of halogens is 1. The molecule has 0 unspecified atom stereocenters. The van der Waals surface area contributed by atoms with Gasteiger partial charge in [-0.25, -0.2) is 18.6 Å². The van der Waals surface area contributed by atoms with Crippen LogP contribution in [0.25, 0.3) is 11.3 Å². The number of benzene rings is 1. The molecule has 3 aromatic heterocycles. The van der Waals surface area contributed by atoms with Crippen molar-refractivity contribution in [2.75, 3.05) is 7.05 Å². The molecule has 28 heavy (non-hydrogen) atoms. The molecular weight excluding hydrogens is 359 g/mol. The summed E-state index contributed by atoms with van der Waals surface area (Å²) in [5, 5.41) is 8.57. The first-order valence-electron chi connectivity index (χ1n) is 8.79. The summed E-state index contributed by atoms with van der Waals surface area (Å²) < 4.78 is 16.4. The average Bonchev–Trinajstić information content (AvgIpc) is 3.29. The van der Waals surface area contributed by atoms with Gasteiger partial charge in [-0.15, -0.1) is 0 Å². The Labute approximate surface area is 161 Å². The summed E-state index contributed by atoms with van der Waals surface area (Å²) >= 11 is 0. The number of fused-ring (bicyclic) bond motifs is 1. The number of aromatic nitrogens is 5. The molecule has 0 saturated carbocycles. The summed E-state index contributed by atoms with van der Waals surface area (Å²) in [7, 11) is 1.73. The molecule has 0 saturated heterocycles. The normalized spacial score (nSPS) is 11.1. The van der Waals surface area contributed by atoms with Gasteiger partial charge in [0, 0.05) is 36.7 Å². The van der Waals surface area contributed by atoms with Crippen LogP contribution in [0.5, 0.6) is 0 Å². The van der Waals surface area contributed by atoms with Crippen molar-refractivity contribution in [3.8, 4) is 5.69 Å². The first kappa shape index (κ1) is 17.8. The van der Waals surface area contributed by atoms with E-state index in [1.54, 1.807) is 45.7 Å². The van der Waals surface area contributed by atoms with Crippen molar-refractivity contribution < 1.29 is 9.18 Å². The maximum absolute atomic E-state index is 13.1. The van der Waals surface area contributed by atoms with Gasteiger partial charge in [0.1, 0.15) is 11.4 Å². The van der Waals surface area contributed by atoms with Gasteiger partial charge in [-0.3, -0.25) is 4.79 Å². The van der Waals surface area contributed by atoms with Gasteiger partial charge in [-0.2, -0.15) is 10.2 Å². The van der Waals surface area contributed by atoms with Crippen LogP contribution in [0.15, 0.2) is 48.9 Å². The quantitative estimate of drug-likeness (QED) is 0.548. The molecule has 8 heteroatoms. The Hall–Kier alpha value is -3.55. The second-order valence-corrected chi connectivity index (χ2v) is 6.76. The molecule has 0 spiro atoms. The number of amides is 1. The number of nitrogens with zero attached hydrogens (tertiary/aromatic N) is 6. The second-order valence-electron chi connectivity index (χ2n) is 6.76. The van der Waals surface area contributed by atoms with Crippen LogP contribution in [-0.2, 0) is 6.54 Å². The maximum Gasteiger partial charge on any atom is 0.259 e. The van der Waals surface area contributed by atoms with Crippen LogP contribution >= 0.6 is 0 Å². The van der Waals surface area contributed by atoms with Gasteiger partial charge in [0.25, 0.3) is 5.91 Å². The van der Waals surface area contributed by atoms with E-state index in [9.17, 15) is 9.18 Å². The third-order valence-corrected chi connectivity index (χ3v) is 4.50. The highest BCUT2D eigenvalue weighted by Gasteiger charge is 2.19. The lowest BCUT2D eigenvalue weighted by molar-refractivity contribution is 0.0787. The van der Waals surface area contributed by atoms with Crippen molar-refractivity contribution in [2.45, 2.75) is 20.4 Å². The number of hydrogen-bond donors (Lipinski definition) is 0. The zero-order valence-electron chi connectivity index (χ0n) is 15.8. The molecule has 0 aliphatic rings. The molecule has 0 atom stereocenters. The molecule has 0 fully saturated rings. The molecule has 0 radical (unpaired) electrons. The molecule has 0 aliphatic heterocycles. The lowest BCUT2D eigenvalue weighted by atomic mass is 10.2. The van der Waals surface area contributed by atoms with Crippen molar-refractivity contribution in [3.05, 3.63) is 77.3 Å². The first-order valence-corrected chi connectivity index (χ1v) is 8.79. The van der Waals surface area contributed by atoms with Crippen LogP contribution in [0.4, 0.5) is 4.39 Å². The summed E-state index contributed by atoms with van der Waals surface area (Å²) in [5.74, 6) is -0.462. The predicted octanol–water partition coefficient (Wildman–Crippen LogP) is 2.94. The number of rotatable bonds is 4. The highest BCUT2D eigenvalue weighted by Crippen LogP contribution is 2.16. The van der Waals surface area contributed by atoms with Crippen LogP contribution in [0.2, 0.25) is 0 Å². The summed E-state index contributed by atoms with van der Waals surface area (Å²) in [6.45, 7) is 4.19. The molecule has 0 N–H and O–H groups in total. The van der Waals surface area contributed by atoms with E-state index in [0.29, 0.717) is 17.8 Å². The SMILES string of the molecule is Cc1cc(C)n2ncc(C(=O)N(C)Cc3cnn(-c4ccc(F)cc4)c3)c2n1. The van der Waals surface area contributed by atoms with E-state index in [4.69, 9.17) is 0 Å². The Balaban J connectivity index is 1.55. The third kappa shape index (κ3) is 3.24. The molecular formula is C20H19FN6O. The van der Waals surface area contributed by atoms with Crippen LogP contribution in [0, 0.1) is 19.7 Å². The average molecular weight is 378 g/mol. The summed E-state index contributed by atoms with van der Waals surface area (Å²) in [6.07, 6.45) is 5.06. The van der Waals surface area contributed by atoms with Crippen molar-refractivity contribution >= 4 is 11.6 Å². The largest absolute Gasteiger partial charge is 0.337 e. The van der Waals surface area contributed by atoms with E-state index >= 15 is 0 Å². The predicted molar refractivity (Wildman–Crippen MR) is 102 cm³/mol. The molecule has 0 aliphatic carbocycles. The molecule has 4 aromatic rings. The molecule has 0 bridgehead atoms. The third-order valence-electron chi connectivity index (χ3n) is 4.50. The summed E-state index contributed by atoms with van der Waals surface area (Å²) in [4.78, 5) is 19.0. The minimum atomic E-state index is -0.297. The topological polar surface area (TPSA) is 68.3 Å². The molecule has 142 valence electrons. The van der Waals surface area contributed by atoms with Gasteiger partial charge < -0.3 is 4.90 Å². The fourth-order valence-electron chi connectivity index (χ4n) is 3.15. The van der Waals surface area contributed by atoms with Gasteiger partial charge in [-0.1, -0.05) is 0 Å². The highest BCUT2D eigenvalue weighted by molar-refractivity contribution is 5.99. The van der Waals surface area contributed by atoms with E-state index in [1.807, 2.05) is 26.1 Å². The molecule has 3 heterocycles. The Bertz CT molecular complexity index is 1160. The number of carbonyl (C=O) groups is 1. The van der Waals surface area contributed by atoms with Gasteiger partial charge in [-0.05, 0) is 44.2 Å². The molecule has 1 aromatic carbocycles. The molecule has 7 nitrogen and oxygen atoms in total. The van der Waals surface area contributed by atoms with Gasteiger partial charge in [0.05, 0.1) is 18.1 Å². The zero-order chi connectivity index (χ0) is 19.8. The van der Waals surface area contributed by atoms with E-state index in [1.165, 1.54) is 12.1 Å². The van der Waals surface area contributed by atoms with Crippen molar-refractivity contribution in [3.63, 3.8) is 0 Å². The Morgan fingerprint density at radius 2 is 1.89 bits per heavy atom. The van der Waals surface area contributed by atoms with Crippen molar-refractivity contribution in [1.29, 1.82) is 0 Å². The smallest absolute Gasteiger partial charge is 0.259 e. The lowest BCUT2D eigenvalue weighted by Gasteiger charge is -2.15. The minimum Gasteiger partial charge on any atom is -0.337 e. The number of aryl methyl sites for hydroxylation is 2. The van der Waals surface area contributed by atoms with Gasteiger partial charge in [0.2, 0.25) is 0 Å². The fraction of sp³-hybridized carbons (Fsp3) is 0.200.